The first-order chi connectivity index (χ1) is 9.09. The van der Waals surface area contributed by atoms with Crippen molar-refractivity contribution < 1.29 is 18.0 Å². The lowest BCUT2D eigenvalue weighted by molar-refractivity contribution is 0.0946. The lowest BCUT2D eigenvalue weighted by Gasteiger charge is -2.10. The van der Waals surface area contributed by atoms with Gasteiger partial charge in [-0.2, -0.15) is 0 Å². The summed E-state index contributed by atoms with van der Waals surface area (Å²) >= 11 is 0. The Balaban J connectivity index is 0.00000200. The van der Waals surface area contributed by atoms with Gasteiger partial charge in [-0.05, 0) is 44.0 Å². The van der Waals surface area contributed by atoms with Crippen molar-refractivity contribution in [2.45, 2.75) is 12.8 Å². The third-order valence-corrected chi connectivity index (χ3v) is 3.28. The molecule has 0 bridgehead atoms. The summed E-state index contributed by atoms with van der Waals surface area (Å²) in [5.41, 5.74) is -0.469. The predicted molar refractivity (Wildman–Crippen MR) is 71.5 cm³/mol. The Kier molecular flexibility index (Phi) is 6.29. The summed E-state index contributed by atoms with van der Waals surface area (Å²) in [6.45, 7) is 2.27. The number of carbonyl (C=O) groups excluding carboxylic acids is 1. The molecular formula is C13H16ClF3N2O. The Hall–Kier alpha value is -1.27. The van der Waals surface area contributed by atoms with E-state index in [9.17, 15) is 18.0 Å². The average molecular weight is 309 g/mol. The van der Waals surface area contributed by atoms with Crippen LogP contribution in [0.4, 0.5) is 13.2 Å². The molecule has 0 saturated carbocycles. The van der Waals surface area contributed by atoms with E-state index < -0.39 is 28.9 Å². The largest absolute Gasteiger partial charge is 0.352 e. The van der Waals surface area contributed by atoms with Crippen LogP contribution in [0.25, 0.3) is 0 Å². The Morgan fingerprint density at radius 3 is 2.70 bits per heavy atom. The number of amides is 1. The van der Waals surface area contributed by atoms with Crippen molar-refractivity contribution in [3.05, 3.63) is 35.1 Å². The summed E-state index contributed by atoms with van der Waals surface area (Å²) in [5.74, 6) is -4.59. The topological polar surface area (TPSA) is 41.1 Å². The second kappa shape index (κ2) is 7.50. The molecule has 7 heteroatoms. The SMILES string of the molecule is Cl.O=C(NCCC1CCNC1)c1ccc(F)c(F)c1F. The van der Waals surface area contributed by atoms with Crippen LogP contribution >= 0.6 is 12.4 Å². The number of carbonyl (C=O) groups is 1. The number of halogens is 4. The van der Waals surface area contributed by atoms with Crippen LogP contribution in [0, 0.1) is 23.4 Å². The first-order valence-corrected chi connectivity index (χ1v) is 6.22. The smallest absolute Gasteiger partial charge is 0.254 e. The molecular weight excluding hydrogens is 293 g/mol. The molecule has 0 aromatic heterocycles. The lowest BCUT2D eigenvalue weighted by atomic mass is 10.1. The standard InChI is InChI=1S/C13H15F3N2O.ClH/c14-10-2-1-9(11(15)12(10)16)13(19)18-6-4-8-3-5-17-7-8;/h1-2,8,17H,3-7H2,(H,18,19);1H. The monoisotopic (exact) mass is 308 g/mol. The van der Waals surface area contributed by atoms with Gasteiger partial charge in [-0.1, -0.05) is 0 Å². The molecule has 1 aromatic rings. The fourth-order valence-electron chi connectivity index (χ4n) is 2.15. The van der Waals surface area contributed by atoms with Crippen LogP contribution < -0.4 is 10.6 Å². The lowest BCUT2D eigenvalue weighted by Crippen LogP contribution is -2.27. The van der Waals surface area contributed by atoms with E-state index in [1.807, 2.05) is 0 Å². The third-order valence-electron chi connectivity index (χ3n) is 3.28. The second-order valence-electron chi connectivity index (χ2n) is 4.63. The van der Waals surface area contributed by atoms with Gasteiger partial charge in [-0.15, -0.1) is 12.4 Å². The molecule has 1 unspecified atom stereocenters. The van der Waals surface area contributed by atoms with Gasteiger partial charge in [0.2, 0.25) is 0 Å². The quantitative estimate of drug-likeness (QED) is 0.838. The van der Waals surface area contributed by atoms with Crippen LogP contribution in [-0.4, -0.2) is 25.5 Å². The maximum absolute atomic E-state index is 13.4. The Morgan fingerprint density at radius 2 is 2.05 bits per heavy atom. The number of hydrogen-bond acceptors (Lipinski definition) is 2. The highest BCUT2D eigenvalue weighted by Crippen LogP contribution is 2.15. The average Bonchev–Trinajstić information content (AvgIpc) is 2.89. The highest BCUT2D eigenvalue weighted by molar-refractivity contribution is 5.94. The van der Waals surface area contributed by atoms with E-state index in [4.69, 9.17) is 0 Å². The molecule has 0 radical (unpaired) electrons. The fraction of sp³-hybridized carbons (Fsp3) is 0.462. The summed E-state index contributed by atoms with van der Waals surface area (Å²) in [5, 5.41) is 5.72. The van der Waals surface area contributed by atoms with E-state index >= 15 is 0 Å². The van der Waals surface area contributed by atoms with Crippen LogP contribution in [0.3, 0.4) is 0 Å². The molecule has 20 heavy (non-hydrogen) atoms. The minimum Gasteiger partial charge on any atom is -0.352 e. The maximum Gasteiger partial charge on any atom is 0.254 e. The Bertz CT molecular complexity index is 479. The van der Waals surface area contributed by atoms with Crippen molar-refractivity contribution in [2.75, 3.05) is 19.6 Å². The molecule has 1 saturated heterocycles. The van der Waals surface area contributed by atoms with Crippen molar-refractivity contribution in [1.29, 1.82) is 0 Å². The Morgan fingerprint density at radius 1 is 1.30 bits per heavy atom. The van der Waals surface area contributed by atoms with Gasteiger partial charge in [-0.25, -0.2) is 13.2 Å². The van der Waals surface area contributed by atoms with Crippen molar-refractivity contribution >= 4 is 18.3 Å². The zero-order chi connectivity index (χ0) is 13.8. The second-order valence-corrected chi connectivity index (χ2v) is 4.63. The van der Waals surface area contributed by atoms with Gasteiger partial charge in [0.15, 0.2) is 17.5 Å². The molecule has 2 rings (SSSR count). The van der Waals surface area contributed by atoms with Crippen LogP contribution in [0.1, 0.15) is 23.2 Å². The summed E-state index contributed by atoms with van der Waals surface area (Å²) in [7, 11) is 0. The van der Waals surface area contributed by atoms with Crippen LogP contribution in [-0.2, 0) is 0 Å². The van der Waals surface area contributed by atoms with Crippen molar-refractivity contribution in [2.24, 2.45) is 5.92 Å². The first-order valence-electron chi connectivity index (χ1n) is 6.22. The van der Waals surface area contributed by atoms with Gasteiger partial charge in [0, 0.05) is 6.54 Å². The van der Waals surface area contributed by atoms with Crippen molar-refractivity contribution in [3.63, 3.8) is 0 Å². The Labute approximate surface area is 121 Å². The van der Waals surface area contributed by atoms with E-state index in [-0.39, 0.29) is 12.4 Å². The highest BCUT2D eigenvalue weighted by atomic mass is 35.5. The maximum atomic E-state index is 13.4. The van der Waals surface area contributed by atoms with E-state index in [1.165, 1.54) is 0 Å². The van der Waals surface area contributed by atoms with Crippen molar-refractivity contribution in [3.8, 4) is 0 Å². The summed E-state index contributed by atoms with van der Waals surface area (Å²) in [6, 6.07) is 1.69. The van der Waals surface area contributed by atoms with Gasteiger partial charge in [0.1, 0.15) is 0 Å². The molecule has 1 aromatic carbocycles. The molecule has 1 aliphatic rings. The van der Waals surface area contributed by atoms with Crippen LogP contribution in [0.15, 0.2) is 12.1 Å². The minimum atomic E-state index is -1.62. The molecule has 1 heterocycles. The molecule has 112 valence electrons. The third kappa shape index (κ3) is 3.86. The number of hydrogen-bond donors (Lipinski definition) is 2. The highest BCUT2D eigenvalue weighted by Gasteiger charge is 2.19. The zero-order valence-corrected chi connectivity index (χ0v) is 11.5. The van der Waals surface area contributed by atoms with Gasteiger partial charge >= 0.3 is 0 Å². The number of nitrogens with one attached hydrogen (secondary N) is 2. The molecule has 0 aliphatic carbocycles. The summed E-state index contributed by atoms with van der Waals surface area (Å²) in [6.07, 6.45) is 1.83. The van der Waals surface area contributed by atoms with Gasteiger partial charge < -0.3 is 10.6 Å². The van der Waals surface area contributed by atoms with E-state index in [0.717, 1.165) is 38.1 Å². The molecule has 1 atom stereocenters. The van der Waals surface area contributed by atoms with Gasteiger partial charge in [0.25, 0.3) is 5.91 Å². The van der Waals surface area contributed by atoms with Gasteiger partial charge in [0.05, 0.1) is 5.56 Å². The number of rotatable bonds is 4. The molecule has 1 fully saturated rings. The predicted octanol–water partition coefficient (Wildman–Crippen LogP) is 2.26. The zero-order valence-electron chi connectivity index (χ0n) is 10.7. The minimum absolute atomic E-state index is 0. The van der Waals surface area contributed by atoms with Crippen LogP contribution in [0.2, 0.25) is 0 Å². The van der Waals surface area contributed by atoms with Crippen molar-refractivity contribution in [1.82, 2.24) is 10.6 Å². The molecule has 1 amide bonds. The van der Waals surface area contributed by atoms with E-state index in [1.54, 1.807) is 0 Å². The van der Waals surface area contributed by atoms with E-state index in [2.05, 4.69) is 10.6 Å². The number of benzene rings is 1. The first kappa shape index (κ1) is 16.8. The molecule has 2 N–H and O–H groups in total. The summed E-state index contributed by atoms with van der Waals surface area (Å²) in [4.78, 5) is 11.6. The van der Waals surface area contributed by atoms with E-state index in [0.29, 0.717) is 12.5 Å². The van der Waals surface area contributed by atoms with Gasteiger partial charge in [-0.3, -0.25) is 4.79 Å². The molecule has 3 nitrogen and oxygen atoms in total. The summed E-state index contributed by atoms with van der Waals surface area (Å²) < 4.78 is 39.1. The van der Waals surface area contributed by atoms with Crippen LogP contribution in [0.5, 0.6) is 0 Å². The molecule has 0 spiro atoms. The normalized spacial score (nSPS) is 17.6. The fourth-order valence-corrected chi connectivity index (χ4v) is 2.15. The molecule has 1 aliphatic heterocycles.